The number of likely N-dealkylation sites (tertiary alicyclic amines) is 1. The van der Waals surface area contributed by atoms with Crippen LogP contribution in [-0.2, 0) is 4.79 Å². The summed E-state index contributed by atoms with van der Waals surface area (Å²) < 4.78 is 0. The summed E-state index contributed by atoms with van der Waals surface area (Å²) >= 11 is 0. The number of hydrogen-bond donors (Lipinski definition) is 1. The minimum absolute atomic E-state index is 0.375. The number of rotatable bonds is 3. The van der Waals surface area contributed by atoms with Crippen molar-refractivity contribution in [3.8, 4) is 0 Å². The first-order valence-electron chi connectivity index (χ1n) is 5.08. The first-order valence-corrected chi connectivity index (χ1v) is 5.08. The van der Waals surface area contributed by atoms with Crippen LogP contribution in [0.25, 0.3) is 0 Å². The maximum atomic E-state index is 11.0. The molecule has 1 saturated carbocycles. The minimum atomic E-state index is -0.585. The topological polar surface area (TPSA) is 40.5 Å². The van der Waals surface area contributed by atoms with Gasteiger partial charge >= 0.3 is 5.97 Å². The second-order valence-electron chi connectivity index (χ2n) is 4.74. The Morgan fingerprint density at radius 2 is 2.15 bits per heavy atom. The van der Waals surface area contributed by atoms with Crippen molar-refractivity contribution in [3.63, 3.8) is 0 Å². The molecule has 74 valence electrons. The summed E-state index contributed by atoms with van der Waals surface area (Å²) in [4.78, 5) is 13.3. The average molecular weight is 183 g/mol. The number of aliphatic carboxylic acids is 1. The summed E-state index contributed by atoms with van der Waals surface area (Å²) in [5.74, 6) is 0.184. The lowest BCUT2D eigenvalue weighted by Gasteiger charge is -2.46. The van der Waals surface area contributed by atoms with Crippen LogP contribution in [0.15, 0.2) is 0 Å². The summed E-state index contributed by atoms with van der Waals surface area (Å²) in [6.07, 6.45) is 2.86. The van der Waals surface area contributed by atoms with Crippen LogP contribution in [0, 0.1) is 11.3 Å². The summed E-state index contributed by atoms with van der Waals surface area (Å²) in [5.41, 5.74) is -0.375. The number of nitrogens with zero attached hydrogens (tertiary/aromatic N) is 1. The molecule has 1 aliphatic heterocycles. The fourth-order valence-corrected chi connectivity index (χ4v) is 2.43. The predicted molar refractivity (Wildman–Crippen MR) is 49.5 cm³/mol. The molecule has 0 radical (unpaired) electrons. The van der Waals surface area contributed by atoms with Crippen molar-refractivity contribution in [2.45, 2.75) is 26.2 Å². The molecule has 1 aliphatic carbocycles. The molecule has 0 aromatic heterocycles. The second kappa shape index (κ2) is 2.98. The molecule has 2 aliphatic rings. The lowest BCUT2D eigenvalue weighted by molar-refractivity contribution is -0.157. The number of carbonyl (C=O) groups is 1. The minimum Gasteiger partial charge on any atom is -0.481 e. The normalized spacial score (nSPS) is 27.8. The van der Waals surface area contributed by atoms with Crippen molar-refractivity contribution in [2.75, 3.05) is 19.6 Å². The van der Waals surface area contributed by atoms with E-state index in [-0.39, 0.29) is 5.41 Å². The Bertz CT molecular complexity index is 217. The van der Waals surface area contributed by atoms with Gasteiger partial charge in [0.1, 0.15) is 0 Å². The van der Waals surface area contributed by atoms with Gasteiger partial charge in [0.05, 0.1) is 5.41 Å². The molecule has 1 N–H and O–H groups in total. The smallest absolute Gasteiger partial charge is 0.310 e. The van der Waals surface area contributed by atoms with E-state index < -0.39 is 5.97 Å². The summed E-state index contributed by atoms with van der Waals surface area (Å²) in [5, 5.41) is 9.09. The quantitative estimate of drug-likeness (QED) is 0.714. The van der Waals surface area contributed by atoms with Crippen LogP contribution in [0.5, 0.6) is 0 Å². The fraction of sp³-hybridized carbons (Fsp3) is 0.900. The van der Waals surface area contributed by atoms with E-state index in [9.17, 15) is 4.79 Å². The van der Waals surface area contributed by atoms with E-state index in [0.29, 0.717) is 0 Å². The molecule has 13 heavy (non-hydrogen) atoms. The molecule has 1 saturated heterocycles. The zero-order valence-corrected chi connectivity index (χ0v) is 8.12. The van der Waals surface area contributed by atoms with Crippen molar-refractivity contribution in [1.29, 1.82) is 0 Å². The maximum absolute atomic E-state index is 11.0. The Morgan fingerprint density at radius 1 is 1.54 bits per heavy atom. The molecule has 2 fully saturated rings. The Labute approximate surface area is 78.7 Å². The van der Waals surface area contributed by atoms with Gasteiger partial charge in [-0.15, -0.1) is 0 Å². The van der Waals surface area contributed by atoms with E-state index in [1.165, 1.54) is 0 Å². The molecule has 3 nitrogen and oxygen atoms in total. The standard InChI is InChI=1S/C10H17NO2/c1-8-5-11(6-8)7-10(9(12)13)3-2-4-10/h8H,2-7H2,1H3,(H,12,13). The second-order valence-corrected chi connectivity index (χ2v) is 4.74. The third kappa shape index (κ3) is 1.46. The van der Waals surface area contributed by atoms with E-state index >= 15 is 0 Å². The first kappa shape index (κ1) is 9.00. The van der Waals surface area contributed by atoms with E-state index in [4.69, 9.17) is 5.11 Å². The molecule has 0 unspecified atom stereocenters. The number of hydrogen-bond acceptors (Lipinski definition) is 2. The SMILES string of the molecule is CC1CN(CC2(C(=O)O)CCC2)C1. The molecule has 2 rings (SSSR count). The van der Waals surface area contributed by atoms with Gasteiger partial charge in [-0.3, -0.25) is 4.79 Å². The first-order chi connectivity index (χ1) is 6.12. The van der Waals surface area contributed by atoms with Crippen molar-refractivity contribution in [2.24, 2.45) is 11.3 Å². The third-order valence-electron chi connectivity index (χ3n) is 3.43. The predicted octanol–water partition coefficient (Wildman–Crippen LogP) is 1.19. The highest BCUT2D eigenvalue weighted by Gasteiger charge is 2.46. The van der Waals surface area contributed by atoms with Gasteiger partial charge in [-0.05, 0) is 18.8 Å². The summed E-state index contributed by atoms with van der Waals surface area (Å²) in [7, 11) is 0. The van der Waals surface area contributed by atoms with Crippen LogP contribution in [0.1, 0.15) is 26.2 Å². The maximum Gasteiger partial charge on any atom is 0.310 e. The van der Waals surface area contributed by atoms with E-state index in [1.807, 2.05) is 0 Å². The third-order valence-corrected chi connectivity index (χ3v) is 3.43. The summed E-state index contributed by atoms with van der Waals surface area (Å²) in [6, 6.07) is 0. The number of carboxylic acid groups (broad SMARTS) is 1. The molecule has 0 spiro atoms. The molecule has 0 bridgehead atoms. The lowest BCUT2D eigenvalue weighted by atomic mass is 9.68. The van der Waals surface area contributed by atoms with E-state index in [1.54, 1.807) is 0 Å². The highest BCUT2D eigenvalue weighted by Crippen LogP contribution is 2.42. The molecule has 1 heterocycles. The van der Waals surface area contributed by atoms with Crippen molar-refractivity contribution in [3.05, 3.63) is 0 Å². The summed E-state index contributed by atoms with van der Waals surface area (Å²) in [6.45, 7) is 5.18. The van der Waals surface area contributed by atoms with Gasteiger partial charge in [0, 0.05) is 19.6 Å². The van der Waals surface area contributed by atoms with Gasteiger partial charge in [-0.1, -0.05) is 13.3 Å². The molecular formula is C10H17NO2. The zero-order valence-electron chi connectivity index (χ0n) is 8.12. The van der Waals surface area contributed by atoms with Crippen molar-refractivity contribution in [1.82, 2.24) is 4.90 Å². The van der Waals surface area contributed by atoms with Crippen molar-refractivity contribution < 1.29 is 9.90 Å². The Hall–Kier alpha value is -0.570. The Balaban J connectivity index is 1.88. The molecule has 0 amide bonds. The van der Waals surface area contributed by atoms with Gasteiger partial charge in [-0.2, -0.15) is 0 Å². The van der Waals surface area contributed by atoms with Crippen LogP contribution in [-0.4, -0.2) is 35.6 Å². The molecule has 0 atom stereocenters. The Morgan fingerprint density at radius 3 is 2.46 bits per heavy atom. The van der Waals surface area contributed by atoms with Crippen LogP contribution >= 0.6 is 0 Å². The van der Waals surface area contributed by atoms with Crippen LogP contribution in [0.4, 0.5) is 0 Å². The highest BCUT2D eigenvalue weighted by molar-refractivity contribution is 5.76. The monoisotopic (exact) mass is 183 g/mol. The highest BCUT2D eigenvalue weighted by atomic mass is 16.4. The molecule has 3 heteroatoms. The molecule has 0 aromatic rings. The van der Waals surface area contributed by atoms with Gasteiger partial charge < -0.3 is 10.0 Å². The van der Waals surface area contributed by atoms with Gasteiger partial charge in [0.2, 0.25) is 0 Å². The van der Waals surface area contributed by atoms with Crippen LogP contribution in [0.2, 0.25) is 0 Å². The zero-order chi connectivity index (χ0) is 9.47. The van der Waals surface area contributed by atoms with E-state index in [0.717, 1.165) is 44.8 Å². The fourth-order valence-electron chi connectivity index (χ4n) is 2.43. The van der Waals surface area contributed by atoms with Crippen molar-refractivity contribution >= 4 is 5.97 Å². The number of carboxylic acids is 1. The largest absolute Gasteiger partial charge is 0.481 e. The van der Waals surface area contributed by atoms with E-state index in [2.05, 4.69) is 11.8 Å². The molecule has 0 aromatic carbocycles. The van der Waals surface area contributed by atoms with Gasteiger partial charge in [0.25, 0.3) is 0 Å². The van der Waals surface area contributed by atoms with Gasteiger partial charge in [0.15, 0.2) is 0 Å². The van der Waals surface area contributed by atoms with Gasteiger partial charge in [-0.25, -0.2) is 0 Å². The van der Waals surface area contributed by atoms with Crippen LogP contribution < -0.4 is 0 Å². The average Bonchev–Trinajstić information content (AvgIpc) is 1.91. The Kier molecular flexibility index (Phi) is 2.06. The lowest BCUT2D eigenvalue weighted by Crippen LogP contribution is -2.54. The molecular weight excluding hydrogens is 166 g/mol. The van der Waals surface area contributed by atoms with Crippen LogP contribution in [0.3, 0.4) is 0 Å².